The quantitative estimate of drug-likeness (QED) is 0.544. The zero-order valence-electron chi connectivity index (χ0n) is 10.6. The summed E-state index contributed by atoms with van der Waals surface area (Å²) in [6.45, 7) is 6.58. The Morgan fingerprint density at radius 3 is 3.06 bits per heavy atom. The fourth-order valence-corrected chi connectivity index (χ4v) is 1.49. The number of hydrogen-bond donors (Lipinski definition) is 1. The van der Waals surface area contributed by atoms with Gasteiger partial charge in [0.05, 0.1) is 12.5 Å². The van der Waals surface area contributed by atoms with Gasteiger partial charge in [0, 0.05) is 25.5 Å². The van der Waals surface area contributed by atoms with Crippen LogP contribution in [-0.4, -0.2) is 35.4 Å². The van der Waals surface area contributed by atoms with Crippen LogP contribution in [0.5, 0.6) is 0 Å². The highest BCUT2D eigenvalue weighted by Gasteiger charge is 2.12. The standard InChI is InChI=1S/C12H21N3O2/c1-3-17-12(16)11(2)10-13-6-4-8-15-9-5-7-14-15/h5,7,9,11,13H,3-4,6,8,10H2,1-2H3. The molecule has 0 spiro atoms. The van der Waals surface area contributed by atoms with Crippen molar-refractivity contribution < 1.29 is 9.53 Å². The van der Waals surface area contributed by atoms with Crippen LogP contribution in [0.25, 0.3) is 0 Å². The Balaban J connectivity index is 2.02. The highest BCUT2D eigenvalue weighted by atomic mass is 16.5. The van der Waals surface area contributed by atoms with E-state index in [1.807, 2.05) is 30.8 Å². The lowest BCUT2D eigenvalue weighted by Gasteiger charge is -2.11. The van der Waals surface area contributed by atoms with Crippen molar-refractivity contribution in [2.45, 2.75) is 26.8 Å². The summed E-state index contributed by atoms with van der Waals surface area (Å²) >= 11 is 0. The van der Waals surface area contributed by atoms with E-state index in [9.17, 15) is 4.79 Å². The summed E-state index contributed by atoms with van der Waals surface area (Å²) < 4.78 is 6.83. The zero-order valence-corrected chi connectivity index (χ0v) is 10.6. The van der Waals surface area contributed by atoms with Crippen molar-refractivity contribution in [2.24, 2.45) is 5.92 Å². The lowest BCUT2D eigenvalue weighted by molar-refractivity contribution is -0.147. The van der Waals surface area contributed by atoms with Gasteiger partial charge in [0.1, 0.15) is 0 Å². The number of nitrogens with one attached hydrogen (secondary N) is 1. The van der Waals surface area contributed by atoms with E-state index in [1.54, 1.807) is 6.20 Å². The third-order valence-corrected chi connectivity index (χ3v) is 2.44. The molecule has 1 aromatic rings. The smallest absolute Gasteiger partial charge is 0.309 e. The number of aromatic nitrogens is 2. The predicted octanol–water partition coefficient (Wildman–Crippen LogP) is 1.06. The van der Waals surface area contributed by atoms with Gasteiger partial charge < -0.3 is 10.1 Å². The van der Waals surface area contributed by atoms with Crippen LogP contribution in [0.2, 0.25) is 0 Å². The number of esters is 1. The van der Waals surface area contributed by atoms with Crippen LogP contribution in [0.3, 0.4) is 0 Å². The van der Waals surface area contributed by atoms with Crippen molar-refractivity contribution in [3.8, 4) is 0 Å². The molecule has 1 rings (SSSR count). The maximum absolute atomic E-state index is 11.3. The number of rotatable bonds is 8. The average Bonchev–Trinajstić information content (AvgIpc) is 2.81. The molecule has 5 heteroatoms. The zero-order chi connectivity index (χ0) is 12.5. The molecule has 0 radical (unpaired) electrons. The summed E-state index contributed by atoms with van der Waals surface area (Å²) in [4.78, 5) is 11.3. The largest absolute Gasteiger partial charge is 0.466 e. The lowest BCUT2D eigenvalue weighted by Crippen LogP contribution is -2.29. The van der Waals surface area contributed by atoms with Gasteiger partial charge in [-0.1, -0.05) is 6.92 Å². The molecule has 1 unspecified atom stereocenters. The van der Waals surface area contributed by atoms with Crippen LogP contribution in [0.4, 0.5) is 0 Å². The monoisotopic (exact) mass is 239 g/mol. The lowest BCUT2D eigenvalue weighted by atomic mass is 10.2. The maximum Gasteiger partial charge on any atom is 0.309 e. The molecule has 0 aromatic carbocycles. The van der Waals surface area contributed by atoms with Gasteiger partial charge in [-0.3, -0.25) is 9.48 Å². The van der Waals surface area contributed by atoms with Gasteiger partial charge in [0.15, 0.2) is 0 Å². The summed E-state index contributed by atoms with van der Waals surface area (Å²) in [5.74, 6) is -0.216. The Bertz CT molecular complexity index is 312. The SMILES string of the molecule is CCOC(=O)C(C)CNCCCn1cccn1. The summed E-state index contributed by atoms with van der Waals surface area (Å²) in [6.07, 6.45) is 4.72. The van der Waals surface area contributed by atoms with Crippen molar-refractivity contribution in [1.82, 2.24) is 15.1 Å². The van der Waals surface area contributed by atoms with Crippen LogP contribution in [-0.2, 0) is 16.1 Å². The van der Waals surface area contributed by atoms with Crippen molar-refractivity contribution in [1.29, 1.82) is 0 Å². The van der Waals surface area contributed by atoms with E-state index in [0.29, 0.717) is 13.2 Å². The van der Waals surface area contributed by atoms with Crippen LogP contribution in [0.1, 0.15) is 20.3 Å². The van der Waals surface area contributed by atoms with Gasteiger partial charge in [-0.05, 0) is 26.0 Å². The van der Waals surface area contributed by atoms with Crippen molar-refractivity contribution in [2.75, 3.05) is 19.7 Å². The topological polar surface area (TPSA) is 56.1 Å². The molecule has 0 aliphatic carbocycles. The minimum Gasteiger partial charge on any atom is -0.466 e. The third kappa shape index (κ3) is 5.49. The molecule has 0 aliphatic rings. The Kier molecular flexibility index (Phi) is 6.32. The van der Waals surface area contributed by atoms with Gasteiger partial charge >= 0.3 is 5.97 Å². The van der Waals surface area contributed by atoms with Crippen LogP contribution < -0.4 is 5.32 Å². The van der Waals surface area contributed by atoms with E-state index >= 15 is 0 Å². The average molecular weight is 239 g/mol. The fourth-order valence-electron chi connectivity index (χ4n) is 1.49. The molecule has 17 heavy (non-hydrogen) atoms. The molecular weight excluding hydrogens is 218 g/mol. The molecule has 0 bridgehead atoms. The minimum absolute atomic E-state index is 0.0837. The van der Waals surface area contributed by atoms with E-state index in [1.165, 1.54) is 0 Å². The number of carbonyl (C=O) groups excluding carboxylic acids is 1. The second kappa shape index (κ2) is 7.84. The first kappa shape index (κ1) is 13.7. The second-order valence-electron chi connectivity index (χ2n) is 3.98. The third-order valence-electron chi connectivity index (χ3n) is 2.44. The fraction of sp³-hybridized carbons (Fsp3) is 0.667. The van der Waals surface area contributed by atoms with E-state index in [-0.39, 0.29) is 11.9 Å². The highest BCUT2D eigenvalue weighted by molar-refractivity contribution is 5.72. The summed E-state index contributed by atoms with van der Waals surface area (Å²) in [7, 11) is 0. The second-order valence-corrected chi connectivity index (χ2v) is 3.98. The van der Waals surface area contributed by atoms with E-state index < -0.39 is 0 Å². The first-order valence-electron chi connectivity index (χ1n) is 6.08. The molecule has 0 saturated carbocycles. The number of aryl methyl sites for hydroxylation is 1. The predicted molar refractivity (Wildman–Crippen MR) is 65.5 cm³/mol. The van der Waals surface area contributed by atoms with Gasteiger partial charge in [-0.2, -0.15) is 5.10 Å². The summed E-state index contributed by atoms with van der Waals surface area (Å²) in [5.41, 5.74) is 0. The molecule has 96 valence electrons. The minimum atomic E-state index is -0.132. The molecule has 1 atom stereocenters. The van der Waals surface area contributed by atoms with Crippen LogP contribution in [0, 0.1) is 5.92 Å². The summed E-state index contributed by atoms with van der Waals surface area (Å²) in [6, 6.07) is 1.91. The van der Waals surface area contributed by atoms with Gasteiger partial charge in [-0.15, -0.1) is 0 Å². The van der Waals surface area contributed by atoms with E-state index in [4.69, 9.17) is 4.74 Å². The maximum atomic E-state index is 11.3. The molecule has 5 nitrogen and oxygen atoms in total. The van der Waals surface area contributed by atoms with Crippen molar-refractivity contribution in [3.05, 3.63) is 18.5 Å². The highest BCUT2D eigenvalue weighted by Crippen LogP contribution is 1.96. The molecule has 0 aliphatic heterocycles. The number of ether oxygens (including phenoxy) is 1. The first-order chi connectivity index (χ1) is 8.24. The molecular formula is C12H21N3O2. The molecule has 0 amide bonds. The molecule has 1 N–H and O–H groups in total. The van der Waals surface area contributed by atoms with E-state index in [0.717, 1.165) is 19.5 Å². The van der Waals surface area contributed by atoms with Crippen molar-refractivity contribution in [3.63, 3.8) is 0 Å². The molecule has 1 heterocycles. The Labute approximate surface area is 102 Å². The van der Waals surface area contributed by atoms with Gasteiger partial charge in [-0.25, -0.2) is 0 Å². The number of hydrogen-bond acceptors (Lipinski definition) is 4. The normalized spacial score (nSPS) is 12.4. The van der Waals surface area contributed by atoms with E-state index in [2.05, 4.69) is 10.4 Å². The first-order valence-corrected chi connectivity index (χ1v) is 6.08. The Hall–Kier alpha value is -1.36. The Morgan fingerprint density at radius 2 is 2.41 bits per heavy atom. The molecule has 0 saturated heterocycles. The summed E-state index contributed by atoms with van der Waals surface area (Å²) in [5, 5.41) is 7.36. The van der Waals surface area contributed by atoms with Crippen LogP contribution >= 0.6 is 0 Å². The number of carbonyl (C=O) groups is 1. The van der Waals surface area contributed by atoms with Gasteiger partial charge in [0.25, 0.3) is 0 Å². The van der Waals surface area contributed by atoms with Gasteiger partial charge in [0.2, 0.25) is 0 Å². The molecule has 0 fully saturated rings. The molecule has 1 aromatic heterocycles. The van der Waals surface area contributed by atoms with Crippen LogP contribution in [0.15, 0.2) is 18.5 Å². The van der Waals surface area contributed by atoms with Crippen molar-refractivity contribution >= 4 is 5.97 Å². The number of nitrogens with zero attached hydrogens (tertiary/aromatic N) is 2. The Morgan fingerprint density at radius 1 is 1.59 bits per heavy atom.